The molecule has 1 aromatic heterocycles. The molecule has 0 atom stereocenters. The van der Waals surface area contributed by atoms with Gasteiger partial charge in [0.25, 0.3) is 0 Å². The van der Waals surface area contributed by atoms with Gasteiger partial charge in [0.05, 0.1) is 38.9 Å². The van der Waals surface area contributed by atoms with E-state index in [1.165, 1.54) is 12.1 Å². The minimum Gasteiger partial charge on any atom is -0.378 e. The second-order valence-corrected chi connectivity index (χ2v) is 5.36. The van der Waals surface area contributed by atoms with Crippen LogP contribution in [0.4, 0.5) is 10.2 Å². The van der Waals surface area contributed by atoms with Gasteiger partial charge in [-0.2, -0.15) is 5.10 Å². The summed E-state index contributed by atoms with van der Waals surface area (Å²) in [6.07, 6.45) is 1.76. The average molecular weight is 319 g/mol. The molecule has 7 heteroatoms. The van der Waals surface area contributed by atoms with Crippen molar-refractivity contribution in [1.29, 1.82) is 0 Å². The average Bonchev–Trinajstić information content (AvgIpc) is 2.81. The van der Waals surface area contributed by atoms with Crippen LogP contribution in [-0.2, 0) is 20.8 Å². The predicted molar refractivity (Wildman–Crippen MR) is 81.5 cm³/mol. The van der Waals surface area contributed by atoms with Crippen molar-refractivity contribution >= 4 is 11.7 Å². The van der Waals surface area contributed by atoms with Gasteiger partial charge in [0.2, 0.25) is 5.91 Å². The smallest absolute Gasteiger partial charge is 0.233 e. The molecule has 1 aliphatic rings. The number of benzene rings is 1. The van der Waals surface area contributed by atoms with E-state index < -0.39 is 0 Å². The first-order valence-corrected chi connectivity index (χ1v) is 7.45. The van der Waals surface area contributed by atoms with Gasteiger partial charge in [-0.15, -0.1) is 0 Å². The Labute approximate surface area is 133 Å². The van der Waals surface area contributed by atoms with Crippen LogP contribution in [0.5, 0.6) is 0 Å². The summed E-state index contributed by atoms with van der Waals surface area (Å²) in [7, 11) is 0. The Morgan fingerprint density at radius 3 is 2.61 bits per heavy atom. The lowest BCUT2D eigenvalue weighted by atomic mass is 10.1. The number of carbonyl (C=O) groups is 1. The number of hydrogen-bond donors (Lipinski definition) is 1. The summed E-state index contributed by atoms with van der Waals surface area (Å²) in [6.45, 7) is 2.22. The minimum absolute atomic E-state index is 0.168. The third-order valence-corrected chi connectivity index (χ3v) is 3.53. The molecule has 23 heavy (non-hydrogen) atoms. The summed E-state index contributed by atoms with van der Waals surface area (Å²) in [6, 6.07) is 7.95. The molecule has 0 radical (unpaired) electrons. The van der Waals surface area contributed by atoms with Crippen LogP contribution in [-0.4, -0.2) is 42.1 Å². The number of hydrogen-bond acceptors (Lipinski definition) is 4. The van der Waals surface area contributed by atoms with Gasteiger partial charge in [0.1, 0.15) is 5.82 Å². The van der Waals surface area contributed by atoms with Gasteiger partial charge in [0.15, 0.2) is 5.82 Å². The number of nitrogens with zero attached hydrogens (tertiary/aromatic N) is 2. The highest BCUT2D eigenvalue weighted by molar-refractivity contribution is 5.91. The molecule has 122 valence electrons. The summed E-state index contributed by atoms with van der Waals surface area (Å²) in [4.78, 5) is 12.2. The summed E-state index contributed by atoms with van der Waals surface area (Å²) in [5, 5.41) is 7.06. The number of aromatic nitrogens is 2. The first kappa shape index (κ1) is 15.6. The van der Waals surface area contributed by atoms with E-state index in [0.717, 1.165) is 5.56 Å². The van der Waals surface area contributed by atoms with Gasteiger partial charge < -0.3 is 14.8 Å². The van der Waals surface area contributed by atoms with Gasteiger partial charge in [-0.1, -0.05) is 12.1 Å². The molecule has 3 rings (SSSR count). The van der Waals surface area contributed by atoms with Crippen molar-refractivity contribution < 1.29 is 18.7 Å². The number of amides is 1. The van der Waals surface area contributed by atoms with E-state index in [1.807, 2.05) is 0 Å². The Hall–Kier alpha value is -2.25. The van der Waals surface area contributed by atoms with Crippen molar-refractivity contribution in [2.24, 2.45) is 5.92 Å². The van der Waals surface area contributed by atoms with Crippen molar-refractivity contribution in [3.63, 3.8) is 0 Å². The molecule has 1 aliphatic heterocycles. The number of anilines is 1. The Morgan fingerprint density at radius 1 is 1.22 bits per heavy atom. The van der Waals surface area contributed by atoms with E-state index in [4.69, 9.17) is 9.47 Å². The van der Waals surface area contributed by atoms with Crippen LogP contribution < -0.4 is 5.32 Å². The molecule has 0 saturated carbocycles. The fourth-order valence-corrected chi connectivity index (χ4v) is 2.29. The maximum absolute atomic E-state index is 12.9. The summed E-state index contributed by atoms with van der Waals surface area (Å²) in [5.41, 5.74) is 0.929. The van der Waals surface area contributed by atoms with Crippen LogP contribution in [0.1, 0.15) is 5.56 Å². The third kappa shape index (κ3) is 4.37. The van der Waals surface area contributed by atoms with Crippen LogP contribution in [0.15, 0.2) is 36.5 Å². The second kappa shape index (κ2) is 7.34. The molecular formula is C16H18FN3O3. The van der Waals surface area contributed by atoms with Gasteiger partial charge in [0, 0.05) is 12.3 Å². The highest BCUT2D eigenvalue weighted by Gasteiger charge is 2.22. The highest BCUT2D eigenvalue weighted by Crippen LogP contribution is 2.11. The summed E-state index contributed by atoms with van der Waals surface area (Å²) in [5.74, 6) is -0.296. The van der Waals surface area contributed by atoms with E-state index in [0.29, 0.717) is 38.8 Å². The zero-order valence-corrected chi connectivity index (χ0v) is 12.6. The quantitative estimate of drug-likeness (QED) is 0.931. The molecule has 0 unspecified atom stereocenters. The van der Waals surface area contributed by atoms with Crippen molar-refractivity contribution in [1.82, 2.24) is 9.78 Å². The molecule has 0 bridgehead atoms. The lowest BCUT2D eigenvalue weighted by Gasteiger charge is -2.11. The molecule has 1 amide bonds. The Morgan fingerprint density at radius 2 is 1.91 bits per heavy atom. The summed E-state index contributed by atoms with van der Waals surface area (Å²) < 4.78 is 25.2. The van der Waals surface area contributed by atoms with E-state index in [2.05, 4.69) is 10.4 Å². The van der Waals surface area contributed by atoms with Crippen LogP contribution in [0.2, 0.25) is 0 Å². The standard InChI is InChI=1S/C16H18FN3O3/c17-14-3-1-12(2-4-14)9-20-6-5-15(19-20)18-16(21)13-10-22-7-8-23-11-13/h1-6,13H,7-11H2,(H,18,19,21). The molecule has 1 aromatic carbocycles. The molecule has 0 spiro atoms. The van der Waals surface area contributed by atoms with Crippen LogP contribution in [0.25, 0.3) is 0 Å². The maximum Gasteiger partial charge on any atom is 0.233 e. The van der Waals surface area contributed by atoms with Crippen molar-refractivity contribution in [2.75, 3.05) is 31.7 Å². The van der Waals surface area contributed by atoms with Crippen LogP contribution in [0, 0.1) is 11.7 Å². The fourth-order valence-electron chi connectivity index (χ4n) is 2.29. The molecule has 0 aliphatic carbocycles. The number of halogens is 1. The Bertz CT molecular complexity index is 649. The van der Waals surface area contributed by atoms with Gasteiger partial charge in [-0.05, 0) is 17.7 Å². The lowest BCUT2D eigenvalue weighted by Crippen LogP contribution is -2.29. The molecular weight excluding hydrogens is 301 g/mol. The van der Waals surface area contributed by atoms with Gasteiger partial charge in [-0.25, -0.2) is 4.39 Å². The molecule has 1 N–H and O–H groups in total. The van der Waals surface area contributed by atoms with E-state index in [9.17, 15) is 9.18 Å². The summed E-state index contributed by atoms with van der Waals surface area (Å²) >= 11 is 0. The number of rotatable bonds is 4. The fraction of sp³-hybridized carbons (Fsp3) is 0.375. The minimum atomic E-state index is -0.334. The molecule has 2 heterocycles. The largest absolute Gasteiger partial charge is 0.378 e. The van der Waals surface area contributed by atoms with Crippen molar-refractivity contribution in [3.8, 4) is 0 Å². The second-order valence-electron chi connectivity index (χ2n) is 5.36. The molecule has 2 aromatic rings. The Balaban J connectivity index is 1.58. The lowest BCUT2D eigenvalue weighted by molar-refractivity contribution is -0.122. The van der Waals surface area contributed by atoms with Crippen LogP contribution in [0.3, 0.4) is 0 Å². The first-order valence-electron chi connectivity index (χ1n) is 7.45. The monoisotopic (exact) mass is 319 g/mol. The van der Waals surface area contributed by atoms with E-state index in [1.54, 1.807) is 29.1 Å². The molecule has 1 saturated heterocycles. The van der Waals surface area contributed by atoms with Gasteiger partial charge in [-0.3, -0.25) is 9.48 Å². The zero-order chi connectivity index (χ0) is 16.1. The Kier molecular flexibility index (Phi) is 4.99. The predicted octanol–water partition coefficient (Wildman–Crippen LogP) is 1.67. The van der Waals surface area contributed by atoms with Crippen LogP contribution >= 0.6 is 0 Å². The molecule has 6 nitrogen and oxygen atoms in total. The highest BCUT2D eigenvalue weighted by atomic mass is 19.1. The van der Waals surface area contributed by atoms with Gasteiger partial charge >= 0.3 is 0 Å². The number of ether oxygens (including phenoxy) is 2. The maximum atomic E-state index is 12.9. The van der Waals surface area contributed by atoms with E-state index in [-0.39, 0.29) is 17.6 Å². The van der Waals surface area contributed by atoms with Crippen molar-refractivity contribution in [2.45, 2.75) is 6.54 Å². The molecule has 1 fully saturated rings. The first-order chi connectivity index (χ1) is 11.2. The third-order valence-electron chi connectivity index (χ3n) is 3.53. The zero-order valence-electron chi connectivity index (χ0n) is 12.6. The van der Waals surface area contributed by atoms with Crippen molar-refractivity contribution in [3.05, 3.63) is 47.9 Å². The van der Waals surface area contributed by atoms with E-state index >= 15 is 0 Å². The number of carbonyl (C=O) groups excluding carboxylic acids is 1. The number of nitrogens with one attached hydrogen (secondary N) is 1. The topological polar surface area (TPSA) is 65.4 Å². The normalized spacial score (nSPS) is 16.0. The SMILES string of the molecule is O=C(Nc1ccn(Cc2ccc(F)cc2)n1)C1COCCOC1.